The van der Waals surface area contributed by atoms with Gasteiger partial charge in [0.15, 0.2) is 18.2 Å². The predicted octanol–water partition coefficient (Wildman–Crippen LogP) is 2.13. The summed E-state index contributed by atoms with van der Waals surface area (Å²) in [6.07, 6.45) is 0. The van der Waals surface area contributed by atoms with Gasteiger partial charge in [-0.15, -0.1) is 0 Å². The SMILES string of the molecule is O=C(CN1CCN(C(=O)COc2ccc(F)cc2F)CC1)Nc1ccccc1. The van der Waals surface area contributed by atoms with Crippen molar-refractivity contribution in [1.29, 1.82) is 0 Å². The van der Waals surface area contributed by atoms with Gasteiger partial charge in [-0.2, -0.15) is 0 Å². The smallest absolute Gasteiger partial charge is 0.260 e. The zero-order valence-corrected chi connectivity index (χ0v) is 15.2. The van der Waals surface area contributed by atoms with Gasteiger partial charge in [-0.05, 0) is 24.3 Å². The van der Waals surface area contributed by atoms with Gasteiger partial charge in [0.1, 0.15) is 5.82 Å². The number of anilines is 1. The zero-order chi connectivity index (χ0) is 19.9. The average Bonchev–Trinajstić information content (AvgIpc) is 2.68. The first-order valence-corrected chi connectivity index (χ1v) is 8.94. The maximum Gasteiger partial charge on any atom is 0.260 e. The molecule has 0 saturated carbocycles. The fourth-order valence-electron chi connectivity index (χ4n) is 2.90. The van der Waals surface area contributed by atoms with Crippen LogP contribution in [0, 0.1) is 11.6 Å². The molecule has 0 aromatic heterocycles. The van der Waals surface area contributed by atoms with E-state index < -0.39 is 11.6 Å². The van der Waals surface area contributed by atoms with E-state index in [9.17, 15) is 18.4 Å². The lowest BCUT2D eigenvalue weighted by molar-refractivity contribution is -0.135. The van der Waals surface area contributed by atoms with Crippen LogP contribution in [0.4, 0.5) is 14.5 Å². The molecule has 0 aliphatic carbocycles. The van der Waals surface area contributed by atoms with Crippen LogP contribution in [0.2, 0.25) is 0 Å². The van der Waals surface area contributed by atoms with Crippen LogP contribution in [0.5, 0.6) is 5.75 Å². The Kier molecular flexibility index (Phi) is 6.54. The molecule has 1 aliphatic heterocycles. The van der Waals surface area contributed by atoms with Crippen molar-refractivity contribution < 1.29 is 23.1 Å². The highest BCUT2D eigenvalue weighted by atomic mass is 19.1. The standard InChI is InChI=1S/C20H21F2N3O3/c21-15-6-7-18(17(22)12-15)28-14-20(27)25-10-8-24(9-11-25)13-19(26)23-16-4-2-1-3-5-16/h1-7,12H,8-11,13-14H2,(H,23,26). The van der Waals surface area contributed by atoms with Crippen LogP contribution >= 0.6 is 0 Å². The lowest BCUT2D eigenvalue weighted by Crippen LogP contribution is -2.51. The molecule has 6 nitrogen and oxygen atoms in total. The molecule has 0 spiro atoms. The van der Waals surface area contributed by atoms with E-state index in [2.05, 4.69) is 5.32 Å². The van der Waals surface area contributed by atoms with Crippen molar-refractivity contribution in [3.8, 4) is 5.75 Å². The summed E-state index contributed by atoms with van der Waals surface area (Å²) in [6.45, 7) is 1.93. The van der Waals surface area contributed by atoms with E-state index in [0.717, 1.165) is 17.8 Å². The maximum atomic E-state index is 13.5. The number of halogens is 2. The Labute approximate surface area is 161 Å². The minimum absolute atomic E-state index is 0.110. The highest BCUT2D eigenvalue weighted by Crippen LogP contribution is 2.17. The number of carbonyl (C=O) groups is 2. The molecular weight excluding hydrogens is 368 g/mol. The van der Waals surface area contributed by atoms with Crippen LogP contribution in [-0.2, 0) is 9.59 Å². The molecule has 0 unspecified atom stereocenters. The van der Waals surface area contributed by atoms with Crippen LogP contribution in [0.1, 0.15) is 0 Å². The monoisotopic (exact) mass is 389 g/mol. The second kappa shape index (κ2) is 9.27. The Morgan fingerprint density at radius 3 is 2.39 bits per heavy atom. The second-order valence-corrected chi connectivity index (χ2v) is 6.43. The molecule has 8 heteroatoms. The minimum atomic E-state index is -0.845. The molecule has 1 saturated heterocycles. The number of hydrogen-bond donors (Lipinski definition) is 1. The molecule has 148 valence electrons. The van der Waals surface area contributed by atoms with Crippen molar-refractivity contribution in [3.63, 3.8) is 0 Å². The van der Waals surface area contributed by atoms with Gasteiger partial charge in [0.25, 0.3) is 5.91 Å². The summed E-state index contributed by atoms with van der Waals surface area (Å²) >= 11 is 0. The maximum absolute atomic E-state index is 13.5. The second-order valence-electron chi connectivity index (χ2n) is 6.43. The number of amides is 2. The van der Waals surface area contributed by atoms with Crippen LogP contribution in [0.25, 0.3) is 0 Å². The van der Waals surface area contributed by atoms with Crippen molar-refractivity contribution >= 4 is 17.5 Å². The van der Waals surface area contributed by atoms with E-state index in [1.54, 1.807) is 4.90 Å². The zero-order valence-electron chi connectivity index (χ0n) is 15.2. The quantitative estimate of drug-likeness (QED) is 0.822. The number of benzene rings is 2. The van der Waals surface area contributed by atoms with Gasteiger partial charge < -0.3 is 15.0 Å². The molecule has 2 aromatic carbocycles. The van der Waals surface area contributed by atoms with Crippen LogP contribution in [-0.4, -0.2) is 60.9 Å². The number of carbonyl (C=O) groups excluding carboxylic acids is 2. The van der Waals surface area contributed by atoms with Gasteiger partial charge in [-0.1, -0.05) is 18.2 Å². The van der Waals surface area contributed by atoms with Crippen LogP contribution < -0.4 is 10.1 Å². The van der Waals surface area contributed by atoms with Crippen molar-refractivity contribution in [1.82, 2.24) is 9.80 Å². The molecular formula is C20H21F2N3O3. The molecule has 0 atom stereocenters. The van der Waals surface area contributed by atoms with Crippen molar-refractivity contribution in [3.05, 3.63) is 60.2 Å². The summed E-state index contributed by atoms with van der Waals surface area (Å²) in [7, 11) is 0. The molecule has 2 amide bonds. The molecule has 1 aliphatic rings. The van der Waals surface area contributed by atoms with E-state index >= 15 is 0 Å². The molecule has 1 heterocycles. The molecule has 0 radical (unpaired) electrons. The lowest BCUT2D eigenvalue weighted by atomic mass is 10.3. The fraction of sp³-hybridized carbons (Fsp3) is 0.300. The third-order valence-corrected chi connectivity index (χ3v) is 4.39. The summed E-state index contributed by atoms with van der Waals surface area (Å²) in [4.78, 5) is 27.9. The third-order valence-electron chi connectivity index (χ3n) is 4.39. The largest absolute Gasteiger partial charge is 0.481 e. The predicted molar refractivity (Wildman–Crippen MR) is 99.9 cm³/mol. The average molecular weight is 389 g/mol. The topological polar surface area (TPSA) is 61.9 Å². The van der Waals surface area contributed by atoms with Crippen molar-refractivity contribution in [2.24, 2.45) is 0 Å². The molecule has 0 bridgehead atoms. The number of ether oxygens (including phenoxy) is 1. The normalized spacial score (nSPS) is 14.6. The Balaban J connectivity index is 1.40. The summed E-state index contributed by atoms with van der Waals surface area (Å²) < 4.78 is 31.6. The van der Waals surface area contributed by atoms with E-state index in [4.69, 9.17) is 4.74 Å². The Morgan fingerprint density at radius 2 is 1.71 bits per heavy atom. The van der Waals surface area contributed by atoms with Crippen LogP contribution in [0.3, 0.4) is 0 Å². The number of hydrogen-bond acceptors (Lipinski definition) is 4. The number of piperazine rings is 1. The highest BCUT2D eigenvalue weighted by molar-refractivity contribution is 5.92. The van der Waals surface area contributed by atoms with Gasteiger partial charge in [0.2, 0.25) is 5.91 Å². The molecule has 28 heavy (non-hydrogen) atoms. The Morgan fingerprint density at radius 1 is 1.00 bits per heavy atom. The van der Waals surface area contributed by atoms with Gasteiger partial charge in [-0.25, -0.2) is 8.78 Å². The number of nitrogens with one attached hydrogen (secondary N) is 1. The van der Waals surface area contributed by atoms with Gasteiger partial charge in [0, 0.05) is 37.9 Å². The van der Waals surface area contributed by atoms with Gasteiger partial charge in [0.05, 0.1) is 6.54 Å². The lowest BCUT2D eigenvalue weighted by Gasteiger charge is -2.34. The summed E-state index contributed by atoms with van der Waals surface area (Å²) in [5.74, 6) is -2.10. The summed E-state index contributed by atoms with van der Waals surface area (Å²) in [5.41, 5.74) is 0.742. The van der Waals surface area contributed by atoms with Gasteiger partial charge >= 0.3 is 0 Å². The third kappa shape index (κ3) is 5.50. The van der Waals surface area contributed by atoms with Crippen molar-refractivity contribution in [2.45, 2.75) is 0 Å². The highest BCUT2D eigenvalue weighted by Gasteiger charge is 2.23. The number of para-hydroxylation sites is 1. The Hall–Kier alpha value is -3.00. The van der Waals surface area contributed by atoms with Gasteiger partial charge in [-0.3, -0.25) is 14.5 Å². The molecule has 1 fully saturated rings. The molecule has 3 rings (SSSR count). The molecule has 2 aromatic rings. The number of nitrogens with zero attached hydrogens (tertiary/aromatic N) is 2. The minimum Gasteiger partial charge on any atom is -0.481 e. The Bertz CT molecular complexity index is 825. The fourth-order valence-corrected chi connectivity index (χ4v) is 2.90. The number of rotatable bonds is 6. The summed E-state index contributed by atoms with van der Waals surface area (Å²) in [6, 6.07) is 12.1. The first-order chi connectivity index (χ1) is 13.5. The van der Waals surface area contributed by atoms with Crippen LogP contribution in [0.15, 0.2) is 48.5 Å². The van der Waals surface area contributed by atoms with E-state index in [-0.39, 0.29) is 30.7 Å². The molecule has 1 N–H and O–H groups in total. The van der Waals surface area contributed by atoms with E-state index in [0.29, 0.717) is 32.2 Å². The van der Waals surface area contributed by atoms with Crippen molar-refractivity contribution in [2.75, 3.05) is 44.6 Å². The first kappa shape index (κ1) is 19.8. The summed E-state index contributed by atoms with van der Waals surface area (Å²) in [5, 5.41) is 2.83. The van der Waals surface area contributed by atoms with E-state index in [1.807, 2.05) is 35.2 Å². The first-order valence-electron chi connectivity index (χ1n) is 8.94. The van der Waals surface area contributed by atoms with E-state index in [1.165, 1.54) is 0 Å².